The lowest BCUT2D eigenvalue weighted by atomic mass is 10.1. The summed E-state index contributed by atoms with van der Waals surface area (Å²) in [5, 5.41) is 0. The lowest BCUT2D eigenvalue weighted by Gasteiger charge is -2.00. The third-order valence-corrected chi connectivity index (χ3v) is 6.12. The fraction of sp³-hybridized carbons (Fsp3) is 0.857. The van der Waals surface area contributed by atoms with Crippen molar-refractivity contribution in [1.82, 2.24) is 0 Å². The smallest absolute Gasteiger partial charge is 0.0972 e. The van der Waals surface area contributed by atoms with Gasteiger partial charge in [0.1, 0.15) is 0 Å². The van der Waals surface area contributed by atoms with Gasteiger partial charge in [-0.05, 0) is 12.8 Å². The highest BCUT2D eigenvalue weighted by Gasteiger charge is 1.93. The molecule has 0 heterocycles. The van der Waals surface area contributed by atoms with Gasteiger partial charge in [-0.2, -0.15) is 0 Å². The van der Waals surface area contributed by atoms with E-state index >= 15 is 0 Å². The van der Waals surface area contributed by atoms with Crippen LogP contribution in [0, 0.1) is 23.2 Å². The molecule has 0 N–H and O–H groups in total. The largest absolute Gasteiger partial charge is 0.0995 e. The van der Waals surface area contributed by atoms with Crippen molar-refractivity contribution >= 4 is 8.58 Å². The molecule has 0 aromatic rings. The molecule has 0 nitrogen and oxygen atoms in total. The first-order valence-electron chi connectivity index (χ1n) is 13.1. The van der Waals surface area contributed by atoms with E-state index in [1.807, 2.05) is 0 Å². The molecule has 0 amide bonds. The zero-order valence-corrected chi connectivity index (χ0v) is 20.9. The molecule has 0 spiro atoms. The van der Waals surface area contributed by atoms with E-state index < -0.39 is 0 Å². The van der Waals surface area contributed by atoms with Crippen LogP contribution in [0.25, 0.3) is 0 Å². The molecular formula is C28H50P. The zero-order chi connectivity index (χ0) is 21.1. The fourth-order valence-corrected chi connectivity index (χ4v) is 4.06. The second-order valence-electron chi connectivity index (χ2n) is 8.55. The Labute approximate surface area is 187 Å². The van der Waals surface area contributed by atoms with Gasteiger partial charge in [-0.3, -0.25) is 0 Å². The molecule has 0 unspecified atom stereocenters. The molecule has 0 aromatic carbocycles. The van der Waals surface area contributed by atoms with Gasteiger partial charge in [0.25, 0.3) is 0 Å². The van der Waals surface area contributed by atoms with Crippen LogP contribution in [0.4, 0.5) is 0 Å². The molecule has 0 rings (SSSR count). The number of rotatable bonds is 20. The summed E-state index contributed by atoms with van der Waals surface area (Å²) < 4.78 is 0. The van der Waals surface area contributed by atoms with Crippen LogP contribution in [-0.4, -0.2) is 0 Å². The van der Waals surface area contributed by atoms with Crippen LogP contribution in [0.1, 0.15) is 155 Å². The van der Waals surface area contributed by atoms with Crippen molar-refractivity contribution in [3.8, 4) is 23.2 Å². The summed E-state index contributed by atoms with van der Waals surface area (Å²) in [4.78, 5) is 0. The molecule has 0 atom stereocenters. The van der Waals surface area contributed by atoms with Gasteiger partial charge in [0.05, 0.1) is 8.58 Å². The predicted octanol–water partition coefficient (Wildman–Crippen LogP) is 10.5. The van der Waals surface area contributed by atoms with Gasteiger partial charge in [-0.15, -0.1) is 0 Å². The molecule has 29 heavy (non-hydrogen) atoms. The van der Waals surface area contributed by atoms with Crippen LogP contribution in [-0.2, 0) is 0 Å². The average molecular weight is 418 g/mol. The van der Waals surface area contributed by atoms with Crippen molar-refractivity contribution in [2.75, 3.05) is 0 Å². The second kappa shape index (κ2) is 27.5. The van der Waals surface area contributed by atoms with E-state index in [0.29, 0.717) is 0 Å². The Morgan fingerprint density at radius 2 is 0.655 bits per heavy atom. The quantitative estimate of drug-likeness (QED) is 0.105. The van der Waals surface area contributed by atoms with Gasteiger partial charge in [-0.25, -0.2) is 0 Å². The molecule has 0 aromatic heterocycles. The summed E-state index contributed by atoms with van der Waals surface area (Å²) in [7, 11) is 1.01. The van der Waals surface area contributed by atoms with Crippen molar-refractivity contribution in [3.05, 3.63) is 0 Å². The molecular weight excluding hydrogens is 367 g/mol. The second-order valence-corrected chi connectivity index (χ2v) is 9.22. The van der Waals surface area contributed by atoms with Crippen LogP contribution < -0.4 is 0 Å². The lowest BCUT2D eigenvalue weighted by Crippen LogP contribution is -1.81. The number of hydrogen-bond acceptors (Lipinski definition) is 0. The summed E-state index contributed by atoms with van der Waals surface area (Å²) in [6.07, 6.45) is 30.0. The molecule has 0 fully saturated rings. The molecule has 0 aliphatic rings. The Bertz CT molecular complexity index is 377. The van der Waals surface area contributed by atoms with Crippen molar-refractivity contribution < 1.29 is 0 Å². The highest BCUT2D eigenvalue weighted by molar-refractivity contribution is 7.49. The topological polar surface area (TPSA) is 0 Å². The van der Waals surface area contributed by atoms with Gasteiger partial charge in [0, 0.05) is 12.8 Å². The van der Waals surface area contributed by atoms with Gasteiger partial charge < -0.3 is 0 Å². The summed E-state index contributed by atoms with van der Waals surface area (Å²) in [6, 6.07) is 0. The number of hydrogen-bond donors (Lipinski definition) is 0. The maximum Gasteiger partial charge on any atom is 0.0995 e. The standard InChI is InChI=1S/C28H50P/c1-3-5-7-9-11-13-15-17-19-21-23-25-27-29-28-26-24-22-20-18-16-14-12-10-8-6-4-2/h3-24H2,1-2H3. The summed E-state index contributed by atoms with van der Waals surface area (Å²) >= 11 is 0. The zero-order valence-electron chi connectivity index (χ0n) is 20.0. The van der Waals surface area contributed by atoms with Crippen LogP contribution in [0.2, 0.25) is 0 Å². The number of unbranched alkanes of at least 4 members (excludes halogenated alkanes) is 20. The Morgan fingerprint density at radius 1 is 0.379 bits per heavy atom. The average Bonchev–Trinajstić information content (AvgIpc) is 2.74. The Balaban J connectivity index is 3.21. The third-order valence-electron chi connectivity index (χ3n) is 5.58. The summed E-state index contributed by atoms with van der Waals surface area (Å²) in [6.45, 7) is 4.57. The van der Waals surface area contributed by atoms with E-state index in [0.717, 1.165) is 21.4 Å². The van der Waals surface area contributed by atoms with E-state index in [-0.39, 0.29) is 0 Å². The van der Waals surface area contributed by atoms with E-state index in [1.54, 1.807) is 0 Å². The third kappa shape index (κ3) is 27.6. The van der Waals surface area contributed by atoms with E-state index in [9.17, 15) is 0 Å². The normalized spacial score (nSPS) is 10.3. The molecule has 0 aliphatic carbocycles. The van der Waals surface area contributed by atoms with E-state index in [4.69, 9.17) is 0 Å². The lowest BCUT2D eigenvalue weighted by molar-refractivity contribution is 0.558. The molecule has 167 valence electrons. The highest BCUT2D eigenvalue weighted by atomic mass is 31.1. The van der Waals surface area contributed by atoms with E-state index in [2.05, 4.69) is 37.0 Å². The Morgan fingerprint density at radius 3 is 0.966 bits per heavy atom. The van der Waals surface area contributed by atoms with Crippen molar-refractivity contribution in [3.63, 3.8) is 0 Å². The van der Waals surface area contributed by atoms with Crippen molar-refractivity contribution in [2.45, 2.75) is 155 Å². The molecule has 1 radical (unpaired) electrons. The monoisotopic (exact) mass is 417 g/mol. The minimum atomic E-state index is 1.01. The van der Waals surface area contributed by atoms with Crippen LogP contribution in [0.3, 0.4) is 0 Å². The minimum absolute atomic E-state index is 1.01. The van der Waals surface area contributed by atoms with Gasteiger partial charge in [0.15, 0.2) is 0 Å². The first kappa shape index (κ1) is 28.5. The van der Waals surface area contributed by atoms with Gasteiger partial charge in [-0.1, -0.05) is 153 Å². The first-order valence-corrected chi connectivity index (χ1v) is 14.0. The Hall–Kier alpha value is -0.450. The molecule has 0 bridgehead atoms. The van der Waals surface area contributed by atoms with Crippen molar-refractivity contribution in [1.29, 1.82) is 0 Å². The molecule has 0 saturated carbocycles. The SMILES string of the molecule is CCCCCCCCCCCCC#C[P]C#CCCCCCCCCCCCC. The van der Waals surface area contributed by atoms with Gasteiger partial charge >= 0.3 is 0 Å². The minimum Gasteiger partial charge on any atom is -0.0972 e. The fourth-order valence-electron chi connectivity index (χ4n) is 3.62. The van der Waals surface area contributed by atoms with E-state index in [1.165, 1.54) is 128 Å². The Kier molecular flexibility index (Phi) is 27.1. The van der Waals surface area contributed by atoms with Crippen molar-refractivity contribution in [2.24, 2.45) is 0 Å². The highest BCUT2D eigenvalue weighted by Crippen LogP contribution is 2.12. The molecule has 0 saturated heterocycles. The van der Waals surface area contributed by atoms with Gasteiger partial charge in [0.2, 0.25) is 0 Å². The maximum absolute atomic E-state index is 3.29. The predicted molar refractivity (Wildman–Crippen MR) is 135 cm³/mol. The first-order chi connectivity index (χ1) is 14.4. The van der Waals surface area contributed by atoms with Crippen LogP contribution in [0.5, 0.6) is 0 Å². The molecule has 1 heteroatoms. The maximum atomic E-state index is 3.29. The summed E-state index contributed by atoms with van der Waals surface area (Å²) in [5.74, 6) is 6.58. The van der Waals surface area contributed by atoms with Crippen LogP contribution in [0.15, 0.2) is 0 Å². The molecule has 0 aliphatic heterocycles. The van der Waals surface area contributed by atoms with Crippen LogP contribution >= 0.6 is 8.58 Å². The summed E-state index contributed by atoms with van der Waals surface area (Å²) in [5.41, 5.74) is 6.41.